The Balaban J connectivity index is 0.000000606. The topological polar surface area (TPSA) is 3.24 Å². The molecule has 0 radical (unpaired) electrons. The number of piperidine rings is 1. The predicted molar refractivity (Wildman–Crippen MR) is 72.7 cm³/mol. The average Bonchev–Trinajstić information content (AvgIpc) is 2.28. The van der Waals surface area contributed by atoms with Crippen LogP contribution in [0.2, 0.25) is 0 Å². The van der Waals surface area contributed by atoms with Crippen molar-refractivity contribution in [3.8, 4) is 0 Å². The molecule has 0 bridgehead atoms. The van der Waals surface area contributed by atoms with E-state index in [4.69, 9.17) is 0 Å². The maximum absolute atomic E-state index is 2.64. The molecule has 0 unspecified atom stereocenters. The van der Waals surface area contributed by atoms with Gasteiger partial charge in [-0.3, -0.25) is 0 Å². The highest BCUT2D eigenvalue weighted by Gasteiger charge is 2.44. The molecule has 16 heavy (non-hydrogen) atoms. The average molecular weight is 225 g/mol. The van der Waals surface area contributed by atoms with E-state index in [0.717, 1.165) is 17.4 Å². The molecule has 0 aromatic rings. The minimum atomic E-state index is 0.759. The van der Waals surface area contributed by atoms with Crippen LogP contribution in [0, 0.1) is 11.3 Å². The fraction of sp³-hybridized carbons (Fsp3) is 1.00. The molecule has 1 spiro atoms. The largest absolute Gasteiger partial charge is 0.301 e. The van der Waals surface area contributed by atoms with Gasteiger partial charge in [-0.15, -0.1) is 0 Å². The number of likely N-dealkylation sites (tertiary alicyclic amines) is 1. The Labute approximate surface area is 103 Å². The van der Waals surface area contributed by atoms with Crippen molar-refractivity contribution in [2.24, 2.45) is 11.3 Å². The maximum atomic E-state index is 2.64. The van der Waals surface area contributed by atoms with Crippen LogP contribution in [0.15, 0.2) is 0 Å². The van der Waals surface area contributed by atoms with Crippen LogP contribution in [0.4, 0.5) is 0 Å². The van der Waals surface area contributed by atoms with Gasteiger partial charge in [-0.1, -0.05) is 27.2 Å². The van der Waals surface area contributed by atoms with Crippen molar-refractivity contribution in [3.63, 3.8) is 0 Å². The van der Waals surface area contributed by atoms with Crippen LogP contribution in [0.5, 0.6) is 0 Å². The number of nitrogens with zero attached hydrogens (tertiary/aromatic N) is 1. The summed E-state index contributed by atoms with van der Waals surface area (Å²) in [4.78, 5) is 2.64. The van der Waals surface area contributed by atoms with Crippen LogP contribution in [0.1, 0.15) is 66.7 Å². The molecule has 0 aromatic heterocycles. The first-order valence-electron chi connectivity index (χ1n) is 7.39. The van der Waals surface area contributed by atoms with Crippen LogP contribution in [0.3, 0.4) is 0 Å². The van der Waals surface area contributed by atoms with Gasteiger partial charge in [0, 0.05) is 6.04 Å². The molecule has 1 heteroatoms. The van der Waals surface area contributed by atoms with Crippen LogP contribution >= 0.6 is 0 Å². The van der Waals surface area contributed by atoms with Crippen molar-refractivity contribution in [1.82, 2.24) is 4.90 Å². The molecular weight excluding hydrogens is 194 g/mol. The second-order valence-electron chi connectivity index (χ2n) is 5.81. The molecular formula is C15H31N. The summed E-state index contributed by atoms with van der Waals surface area (Å²) in [5.74, 6) is 1.07. The molecule has 0 amide bonds. The summed E-state index contributed by atoms with van der Waals surface area (Å²) >= 11 is 0. The highest BCUT2D eigenvalue weighted by Crippen LogP contribution is 2.53. The summed E-state index contributed by atoms with van der Waals surface area (Å²) in [6.07, 6.45) is 7.43. The Morgan fingerprint density at radius 3 is 2.00 bits per heavy atom. The molecule has 0 aromatic carbocycles. The van der Waals surface area contributed by atoms with Crippen molar-refractivity contribution in [1.29, 1.82) is 0 Å². The molecule has 1 saturated carbocycles. The zero-order valence-electron chi connectivity index (χ0n) is 12.1. The first-order valence-corrected chi connectivity index (χ1v) is 7.39. The van der Waals surface area contributed by atoms with Gasteiger partial charge in [0.25, 0.3) is 0 Å². The second kappa shape index (κ2) is 6.05. The van der Waals surface area contributed by atoms with Crippen molar-refractivity contribution in [2.45, 2.75) is 72.8 Å². The summed E-state index contributed by atoms with van der Waals surface area (Å²) in [6.45, 7) is 13.7. The van der Waals surface area contributed by atoms with Crippen molar-refractivity contribution < 1.29 is 0 Å². The third-order valence-corrected chi connectivity index (χ3v) is 4.61. The Morgan fingerprint density at radius 2 is 1.62 bits per heavy atom. The minimum Gasteiger partial charge on any atom is -0.301 e. The van der Waals surface area contributed by atoms with E-state index in [2.05, 4.69) is 25.7 Å². The third-order valence-electron chi connectivity index (χ3n) is 4.61. The lowest BCUT2D eigenvalue weighted by Crippen LogP contribution is -2.48. The Kier molecular flexibility index (Phi) is 5.30. The van der Waals surface area contributed by atoms with Gasteiger partial charge >= 0.3 is 0 Å². The lowest BCUT2D eigenvalue weighted by atomic mass is 9.57. The van der Waals surface area contributed by atoms with Crippen LogP contribution in [-0.4, -0.2) is 24.0 Å². The molecule has 2 rings (SSSR count). The van der Waals surface area contributed by atoms with Crippen molar-refractivity contribution >= 4 is 0 Å². The summed E-state index contributed by atoms with van der Waals surface area (Å²) in [7, 11) is 0. The smallest absolute Gasteiger partial charge is 0.00385 e. The van der Waals surface area contributed by atoms with Gasteiger partial charge in [0.1, 0.15) is 0 Å². The zero-order valence-corrected chi connectivity index (χ0v) is 12.1. The molecule has 0 atom stereocenters. The van der Waals surface area contributed by atoms with Crippen LogP contribution < -0.4 is 0 Å². The molecule has 1 nitrogen and oxygen atoms in total. The standard InChI is InChI=1S/C13H25N.C2H6/c1-4-12-9-13(10-12)5-7-14(8-6-13)11(2)3;1-2/h11-12H,4-10H2,1-3H3;1-2H3. The van der Waals surface area contributed by atoms with E-state index >= 15 is 0 Å². The van der Waals surface area contributed by atoms with E-state index in [1.54, 1.807) is 0 Å². The van der Waals surface area contributed by atoms with Gasteiger partial charge in [-0.25, -0.2) is 0 Å². The Morgan fingerprint density at radius 1 is 1.12 bits per heavy atom. The Bertz CT molecular complexity index is 182. The van der Waals surface area contributed by atoms with Gasteiger partial charge in [-0.05, 0) is 64.0 Å². The lowest BCUT2D eigenvalue weighted by Gasteiger charge is -2.53. The highest BCUT2D eigenvalue weighted by molar-refractivity contribution is 4.96. The van der Waals surface area contributed by atoms with Crippen LogP contribution in [-0.2, 0) is 0 Å². The van der Waals surface area contributed by atoms with E-state index < -0.39 is 0 Å². The molecule has 1 saturated heterocycles. The van der Waals surface area contributed by atoms with E-state index in [1.165, 1.54) is 45.2 Å². The molecule has 1 aliphatic carbocycles. The monoisotopic (exact) mass is 225 g/mol. The van der Waals surface area contributed by atoms with Gasteiger partial charge in [-0.2, -0.15) is 0 Å². The molecule has 2 aliphatic rings. The molecule has 96 valence electrons. The number of hydrogen-bond acceptors (Lipinski definition) is 1. The SMILES string of the molecule is CC.CCC1CC2(CCN(C(C)C)CC2)C1. The number of hydrogen-bond donors (Lipinski definition) is 0. The zero-order chi connectivity index (χ0) is 12.2. The normalized spacial score (nSPS) is 25.1. The van der Waals surface area contributed by atoms with E-state index in [9.17, 15) is 0 Å². The summed E-state index contributed by atoms with van der Waals surface area (Å²) < 4.78 is 0. The maximum Gasteiger partial charge on any atom is 0.00385 e. The van der Waals surface area contributed by atoms with E-state index in [-0.39, 0.29) is 0 Å². The summed E-state index contributed by atoms with van der Waals surface area (Å²) in [6, 6.07) is 0.759. The molecule has 1 heterocycles. The van der Waals surface area contributed by atoms with E-state index in [0.29, 0.717) is 0 Å². The predicted octanol–water partition coefficient (Wildman–Crippen LogP) is 4.32. The van der Waals surface area contributed by atoms with Gasteiger partial charge in [0.15, 0.2) is 0 Å². The van der Waals surface area contributed by atoms with Gasteiger partial charge in [0.05, 0.1) is 0 Å². The van der Waals surface area contributed by atoms with Crippen molar-refractivity contribution in [3.05, 3.63) is 0 Å². The fourth-order valence-corrected chi connectivity index (χ4v) is 3.38. The number of rotatable bonds is 2. The fourth-order valence-electron chi connectivity index (χ4n) is 3.38. The van der Waals surface area contributed by atoms with Gasteiger partial charge < -0.3 is 4.90 Å². The molecule has 2 fully saturated rings. The lowest BCUT2D eigenvalue weighted by molar-refractivity contribution is -0.0214. The summed E-state index contributed by atoms with van der Waals surface area (Å²) in [5.41, 5.74) is 0.798. The third kappa shape index (κ3) is 3.00. The molecule has 1 aliphatic heterocycles. The summed E-state index contributed by atoms with van der Waals surface area (Å²) in [5, 5.41) is 0. The van der Waals surface area contributed by atoms with E-state index in [1.807, 2.05) is 13.8 Å². The van der Waals surface area contributed by atoms with Crippen molar-refractivity contribution in [2.75, 3.05) is 13.1 Å². The quantitative estimate of drug-likeness (QED) is 0.676. The first-order chi connectivity index (χ1) is 7.65. The minimum absolute atomic E-state index is 0.759. The molecule has 0 N–H and O–H groups in total. The highest BCUT2D eigenvalue weighted by atomic mass is 15.2. The Hall–Kier alpha value is -0.0400. The van der Waals surface area contributed by atoms with Gasteiger partial charge in [0.2, 0.25) is 0 Å². The second-order valence-corrected chi connectivity index (χ2v) is 5.81. The van der Waals surface area contributed by atoms with Crippen LogP contribution in [0.25, 0.3) is 0 Å². The first kappa shape index (κ1) is 14.0.